The first kappa shape index (κ1) is 9.29. The number of nitrogens with zero attached hydrogens (tertiary/aromatic N) is 3. The molecule has 0 aliphatic carbocycles. The van der Waals surface area contributed by atoms with Crippen molar-refractivity contribution in [3.63, 3.8) is 0 Å². The van der Waals surface area contributed by atoms with E-state index in [0.29, 0.717) is 5.89 Å². The van der Waals surface area contributed by atoms with Gasteiger partial charge in [0.25, 0.3) is 0 Å². The summed E-state index contributed by atoms with van der Waals surface area (Å²) in [5, 5.41) is 8.80. The van der Waals surface area contributed by atoms with Crippen molar-refractivity contribution in [2.24, 2.45) is 0 Å². The molecular formula is C8H10N4OS. The summed E-state index contributed by atoms with van der Waals surface area (Å²) in [7, 11) is 0. The first-order valence-electron chi connectivity index (χ1n) is 4.28. The third kappa shape index (κ3) is 2.61. The molecule has 2 aromatic heterocycles. The molecule has 0 bridgehead atoms. The first-order valence-corrected chi connectivity index (χ1v) is 5.23. The molecule has 0 radical (unpaired) electrons. The number of aromatic nitrogens is 3. The van der Waals surface area contributed by atoms with Crippen molar-refractivity contribution >= 4 is 11.3 Å². The average Bonchev–Trinajstić information content (AvgIpc) is 2.86. The largest absolute Gasteiger partial charge is 0.340 e. The summed E-state index contributed by atoms with van der Waals surface area (Å²) in [6.45, 7) is 1.61. The summed E-state index contributed by atoms with van der Waals surface area (Å²) in [5.41, 5.74) is 2.90. The smallest absolute Gasteiger partial charge is 0.227 e. The van der Waals surface area contributed by atoms with Gasteiger partial charge >= 0.3 is 0 Å². The maximum Gasteiger partial charge on any atom is 0.227 e. The van der Waals surface area contributed by atoms with Gasteiger partial charge in [-0.3, -0.25) is 0 Å². The molecule has 0 saturated carbocycles. The van der Waals surface area contributed by atoms with E-state index < -0.39 is 0 Å². The number of rotatable bonds is 5. The summed E-state index contributed by atoms with van der Waals surface area (Å²) in [6.07, 6.45) is 2.17. The van der Waals surface area contributed by atoms with Gasteiger partial charge in [-0.25, -0.2) is 4.98 Å². The summed E-state index contributed by atoms with van der Waals surface area (Å²) in [4.78, 5) is 8.07. The zero-order chi connectivity index (χ0) is 9.64. The highest BCUT2D eigenvalue weighted by molar-refractivity contribution is 7.07. The van der Waals surface area contributed by atoms with Crippen molar-refractivity contribution in [2.45, 2.75) is 13.0 Å². The Balaban J connectivity index is 1.65. The Morgan fingerprint density at radius 1 is 1.43 bits per heavy atom. The Morgan fingerprint density at radius 2 is 2.43 bits per heavy atom. The van der Waals surface area contributed by atoms with E-state index in [1.165, 1.54) is 6.33 Å². The fourth-order valence-corrected chi connectivity index (χ4v) is 1.60. The van der Waals surface area contributed by atoms with Gasteiger partial charge in [-0.2, -0.15) is 4.98 Å². The number of hydrogen-bond acceptors (Lipinski definition) is 6. The zero-order valence-electron chi connectivity index (χ0n) is 7.51. The second-order valence-corrected chi connectivity index (χ2v) is 3.46. The van der Waals surface area contributed by atoms with Crippen molar-refractivity contribution in [3.8, 4) is 0 Å². The highest BCUT2D eigenvalue weighted by atomic mass is 32.1. The molecule has 5 nitrogen and oxygen atoms in total. The van der Waals surface area contributed by atoms with E-state index in [1.807, 2.05) is 10.9 Å². The van der Waals surface area contributed by atoms with Gasteiger partial charge in [0.2, 0.25) is 5.89 Å². The summed E-state index contributed by atoms with van der Waals surface area (Å²) in [6, 6.07) is 0. The second kappa shape index (κ2) is 4.83. The standard InChI is InChI=1S/C8H10N4OS/c1(8-10-5-12-13-8)2-9-3-7-4-14-6-11-7/h4-6,9H,1-3H2. The van der Waals surface area contributed by atoms with Gasteiger partial charge in [0.05, 0.1) is 11.2 Å². The SMILES string of the molecule is c1noc(CCNCc2cscn2)n1. The molecule has 14 heavy (non-hydrogen) atoms. The fraction of sp³-hybridized carbons (Fsp3) is 0.375. The van der Waals surface area contributed by atoms with Crippen LogP contribution in [0.5, 0.6) is 0 Å². The topological polar surface area (TPSA) is 63.8 Å². The lowest BCUT2D eigenvalue weighted by molar-refractivity contribution is 0.375. The van der Waals surface area contributed by atoms with Gasteiger partial charge in [0.15, 0.2) is 6.33 Å². The molecule has 0 atom stereocenters. The van der Waals surface area contributed by atoms with E-state index in [9.17, 15) is 0 Å². The van der Waals surface area contributed by atoms with Gasteiger partial charge < -0.3 is 9.84 Å². The molecule has 0 aromatic carbocycles. The number of hydrogen-bond donors (Lipinski definition) is 1. The van der Waals surface area contributed by atoms with Crippen LogP contribution >= 0.6 is 11.3 Å². The number of thiazole rings is 1. The van der Waals surface area contributed by atoms with Crippen LogP contribution in [0.4, 0.5) is 0 Å². The molecular weight excluding hydrogens is 200 g/mol. The van der Waals surface area contributed by atoms with Crippen LogP contribution in [-0.4, -0.2) is 21.7 Å². The van der Waals surface area contributed by atoms with Crippen LogP contribution in [0, 0.1) is 0 Å². The van der Waals surface area contributed by atoms with Gasteiger partial charge in [-0.1, -0.05) is 5.16 Å². The molecule has 74 valence electrons. The van der Waals surface area contributed by atoms with Crippen molar-refractivity contribution in [1.82, 2.24) is 20.4 Å². The maximum atomic E-state index is 4.86. The van der Waals surface area contributed by atoms with E-state index in [4.69, 9.17) is 4.52 Å². The van der Waals surface area contributed by atoms with Gasteiger partial charge in [-0.05, 0) is 0 Å². The monoisotopic (exact) mass is 210 g/mol. The van der Waals surface area contributed by atoms with Crippen LogP contribution in [0.15, 0.2) is 21.7 Å². The Labute approximate surface area is 85.2 Å². The molecule has 0 fully saturated rings. The van der Waals surface area contributed by atoms with Crippen molar-refractivity contribution in [3.05, 3.63) is 28.8 Å². The van der Waals surface area contributed by atoms with Crippen LogP contribution in [0.2, 0.25) is 0 Å². The van der Waals surface area contributed by atoms with Gasteiger partial charge in [0, 0.05) is 24.9 Å². The normalized spacial score (nSPS) is 10.6. The van der Waals surface area contributed by atoms with Crippen molar-refractivity contribution in [2.75, 3.05) is 6.54 Å². The predicted octanol–water partition coefficient (Wildman–Crippen LogP) is 0.858. The summed E-state index contributed by atoms with van der Waals surface area (Å²) >= 11 is 1.60. The fourth-order valence-electron chi connectivity index (χ4n) is 1.04. The third-order valence-corrected chi connectivity index (χ3v) is 2.35. The molecule has 0 aliphatic rings. The van der Waals surface area contributed by atoms with Crippen molar-refractivity contribution in [1.29, 1.82) is 0 Å². The summed E-state index contributed by atoms with van der Waals surface area (Å²) in [5.74, 6) is 0.663. The molecule has 0 spiro atoms. The lowest BCUT2D eigenvalue weighted by atomic mass is 10.4. The molecule has 0 amide bonds. The molecule has 0 unspecified atom stereocenters. The lowest BCUT2D eigenvalue weighted by Crippen LogP contribution is -2.16. The Hall–Kier alpha value is -1.27. The quantitative estimate of drug-likeness (QED) is 0.741. The average molecular weight is 210 g/mol. The lowest BCUT2D eigenvalue weighted by Gasteiger charge is -1.98. The molecule has 2 heterocycles. The van der Waals surface area contributed by atoms with Crippen LogP contribution in [0.25, 0.3) is 0 Å². The van der Waals surface area contributed by atoms with E-state index in [1.54, 1.807) is 11.3 Å². The minimum atomic E-state index is 0.663. The predicted molar refractivity (Wildman–Crippen MR) is 51.8 cm³/mol. The Morgan fingerprint density at radius 3 is 3.14 bits per heavy atom. The zero-order valence-corrected chi connectivity index (χ0v) is 8.33. The van der Waals surface area contributed by atoms with E-state index in [-0.39, 0.29) is 0 Å². The van der Waals surface area contributed by atoms with Crippen LogP contribution in [0.3, 0.4) is 0 Å². The highest BCUT2D eigenvalue weighted by Crippen LogP contribution is 1.99. The minimum Gasteiger partial charge on any atom is -0.340 e. The molecule has 2 rings (SSSR count). The number of nitrogens with one attached hydrogen (secondary N) is 1. The summed E-state index contributed by atoms with van der Waals surface area (Å²) < 4.78 is 4.86. The molecule has 6 heteroatoms. The van der Waals surface area contributed by atoms with Gasteiger partial charge in [0.1, 0.15) is 0 Å². The van der Waals surface area contributed by atoms with Crippen LogP contribution in [0.1, 0.15) is 11.6 Å². The Bertz CT molecular complexity index is 309. The first-order chi connectivity index (χ1) is 6.95. The highest BCUT2D eigenvalue weighted by Gasteiger charge is 1.98. The van der Waals surface area contributed by atoms with Gasteiger partial charge in [-0.15, -0.1) is 11.3 Å². The van der Waals surface area contributed by atoms with E-state index in [0.717, 1.165) is 25.2 Å². The maximum absolute atomic E-state index is 4.86. The minimum absolute atomic E-state index is 0.663. The molecule has 0 aliphatic heterocycles. The van der Waals surface area contributed by atoms with E-state index >= 15 is 0 Å². The third-order valence-electron chi connectivity index (χ3n) is 1.71. The Kier molecular flexibility index (Phi) is 3.20. The van der Waals surface area contributed by atoms with Crippen LogP contribution < -0.4 is 5.32 Å². The molecule has 0 saturated heterocycles. The van der Waals surface area contributed by atoms with E-state index in [2.05, 4.69) is 20.4 Å². The molecule has 1 N–H and O–H groups in total. The van der Waals surface area contributed by atoms with Crippen molar-refractivity contribution < 1.29 is 4.52 Å². The second-order valence-electron chi connectivity index (χ2n) is 2.74. The molecule has 2 aromatic rings. The van der Waals surface area contributed by atoms with Crippen LogP contribution in [-0.2, 0) is 13.0 Å².